The van der Waals surface area contributed by atoms with Crippen molar-refractivity contribution in [3.63, 3.8) is 0 Å². The Labute approximate surface area is 234 Å². The quantitative estimate of drug-likeness (QED) is 0.197. The van der Waals surface area contributed by atoms with Gasteiger partial charge in [0.05, 0.1) is 11.9 Å². The Morgan fingerprint density at radius 2 is 1.77 bits per heavy atom. The molecule has 10 nitrogen and oxygen atoms in total. The molecule has 1 aliphatic rings. The van der Waals surface area contributed by atoms with Crippen molar-refractivity contribution in [1.82, 2.24) is 10.6 Å². The lowest BCUT2D eigenvalue weighted by Gasteiger charge is -2.27. The largest absolute Gasteiger partial charge is 0.506 e. The Morgan fingerprint density at radius 3 is 2.55 bits per heavy atom. The Hall–Kier alpha value is -3.80. The predicted molar refractivity (Wildman–Crippen MR) is 152 cm³/mol. The van der Waals surface area contributed by atoms with Gasteiger partial charge in [-0.25, -0.2) is 8.42 Å². The number of hydrogen-bond acceptors (Lipinski definition) is 8. The van der Waals surface area contributed by atoms with Crippen LogP contribution in [0.5, 0.6) is 17.2 Å². The van der Waals surface area contributed by atoms with Crippen LogP contribution >= 0.6 is 0 Å². The van der Waals surface area contributed by atoms with Gasteiger partial charge in [-0.2, -0.15) is 0 Å². The van der Waals surface area contributed by atoms with E-state index in [2.05, 4.69) is 15.4 Å². The van der Waals surface area contributed by atoms with Crippen LogP contribution in [0.3, 0.4) is 0 Å². The first-order chi connectivity index (χ1) is 19.1. The van der Waals surface area contributed by atoms with Gasteiger partial charge in [0.2, 0.25) is 10.0 Å². The lowest BCUT2D eigenvalue weighted by molar-refractivity contribution is -0.123. The van der Waals surface area contributed by atoms with Gasteiger partial charge in [-0.3, -0.25) is 9.52 Å². The van der Waals surface area contributed by atoms with Gasteiger partial charge < -0.3 is 30.3 Å². The third kappa shape index (κ3) is 9.15. The average Bonchev–Trinajstić information content (AvgIpc) is 2.93. The summed E-state index contributed by atoms with van der Waals surface area (Å²) in [5, 5.41) is 26.5. The number of carbonyl (C=O) groups is 1. The summed E-state index contributed by atoms with van der Waals surface area (Å²) >= 11 is 0. The molecule has 0 heterocycles. The van der Waals surface area contributed by atoms with E-state index in [1.165, 1.54) is 23.8 Å². The van der Waals surface area contributed by atoms with Gasteiger partial charge in [0, 0.05) is 25.2 Å². The van der Waals surface area contributed by atoms with Crippen LogP contribution in [-0.4, -0.2) is 62.7 Å². The van der Waals surface area contributed by atoms with E-state index in [9.17, 15) is 23.4 Å². The normalized spacial score (nSPS) is 15.5. The van der Waals surface area contributed by atoms with Crippen LogP contribution in [0.4, 0.5) is 5.69 Å². The standard InChI is InChI=1S/C29H35N3O7S/c1-40(36,37)32-27-15-26(11-12-28(27)34)38-18-24(33)17-30-23-9-7-21-8-10-25(14-22(21)13-23)39-19-29(35)31-16-20-5-3-2-4-6-20/h2-6,8,10-12,14-15,23-24,30,32-34H,7,9,13,16-19H2,1H3,(H,31,35)/t23-,24-/m0/s1. The van der Waals surface area contributed by atoms with Crippen LogP contribution in [0.1, 0.15) is 23.1 Å². The lowest BCUT2D eigenvalue weighted by atomic mass is 9.88. The minimum Gasteiger partial charge on any atom is -0.506 e. The molecule has 0 unspecified atom stereocenters. The first kappa shape index (κ1) is 29.2. The number of carbonyl (C=O) groups excluding carboxylic acids is 1. The fourth-order valence-electron chi connectivity index (χ4n) is 4.43. The second kappa shape index (κ2) is 13.5. The van der Waals surface area contributed by atoms with Crippen molar-refractivity contribution in [1.29, 1.82) is 0 Å². The fraction of sp³-hybridized carbons (Fsp3) is 0.345. The number of nitrogens with one attached hydrogen (secondary N) is 3. The summed E-state index contributed by atoms with van der Waals surface area (Å²) in [5.74, 6) is 0.544. The summed E-state index contributed by atoms with van der Waals surface area (Å²) in [5.41, 5.74) is 3.42. The Bertz CT molecular complexity index is 1400. The van der Waals surface area contributed by atoms with Gasteiger partial charge in [-0.1, -0.05) is 36.4 Å². The van der Waals surface area contributed by atoms with E-state index in [-0.39, 0.29) is 36.6 Å². The number of rotatable bonds is 13. The van der Waals surface area contributed by atoms with Gasteiger partial charge in [-0.05, 0) is 60.2 Å². The molecular formula is C29H35N3O7S. The molecule has 3 aromatic rings. The number of phenolic OH excluding ortho intramolecular Hbond substituents is 1. The third-order valence-electron chi connectivity index (χ3n) is 6.46. The first-order valence-corrected chi connectivity index (χ1v) is 14.9. The van der Waals surface area contributed by atoms with E-state index in [1.807, 2.05) is 48.5 Å². The van der Waals surface area contributed by atoms with Gasteiger partial charge >= 0.3 is 0 Å². The topological polar surface area (TPSA) is 146 Å². The number of sulfonamides is 1. The summed E-state index contributed by atoms with van der Waals surface area (Å²) in [7, 11) is -3.56. The molecule has 0 saturated heterocycles. The summed E-state index contributed by atoms with van der Waals surface area (Å²) in [6, 6.07) is 19.9. The molecule has 1 aliphatic carbocycles. The van der Waals surface area contributed by atoms with Crippen molar-refractivity contribution in [3.05, 3.63) is 83.4 Å². The molecule has 0 fully saturated rings. The van der Waals surface area contributed by atoms with Gasteiger partial charge in [0.15, 0.2) is 6.61 Å². The van der Waals surface area contributed by atoms with E-state index in [4.69, 9.17) is 9.47 Å². The molecule has 0 radical (unpaired) electrons. The highest BCUT2D eigenvalue weighted by molar-refractivity contribution is 7.92. The van der Waals surface area contributed by atoms with Crippen molar-refractivity contribution in [2.75, 3.05) is 30.7 Å². The number of anilines is 1. The minimum atomic E-state index is -3.56. The molecule has 5 N–H and O–H groups in total. The van der Waals surface area contributed by atoms with Crippen LogP contribution in [0.25, 0.3) is 0 Å². The van der Waals surface area contributed by atoms with Crippen LogP contribution < -0.4 is 24.8 Å². The molecule has 1 amide bonds. The molecule has 11 heteroatoms. The maximum atomic E-state index is 12.2. The monoisotopic (exact) mass is 569 g/mol. The highest BCUT2D eigenvalue weighted by Crippen LogP contribution is 2.29. The smallest absolute Gasteiger partial charge is 0.258 e. The second-order valence-electron chi connectivity index (χ2n) is 9.85. The summed E-state index contributed by atoms with van der Waals surface area (Å²) in [6.07, 6.45) is 2.76. The van der Waals surface area contributed by atoms with E-state index in [0.29, 0.717) is 24.6 Å². The molecule has 3 aromatic carbocycles. The molecule has 4 rings (SSSR count). The first-order valence-electron chi connectivity index (χ1n) is 13.0. The molecule has 0 aliphatic heterocycles. The van der Waals surface area contributed by atoms with Gasteiger partial charge in [-0.15, -0.1) is 0 Å². The van der Waals surface area contributed by atoms with E-state index < -0.39 is 16.1 Å². The molecule has 2 atom stereocenters. The zero-order chi connectivity index (χ0) is 28.5. The zero-order valence-corrected chi connectivity index (χ0v) is 23.1. The summed E-state index contributed by atoms with van der Waals surface area (Å²) in [6.45, 7) is 0.689. The molecule has 0 spiro atoms. The zero-order valence-electron chi connectivity index (χ0n) is 22.3. The Morgan fingerprint density at radius 1 is 1.02 bits per heavy atom. The molecule has 40 heavy (non-hydrogen) atoms. The second-order valence-corrected chi connectivity index (χ2v) is 11.6. The van der Waals surface area contributed by atoms with E-state index in [1.54, 1.807) is 0 Å². The van der Waals surface area contributed by atoms with E-state index >= 15 is 0 Å². The Kier molecular flexibility index (Phi) is 9.86. The maximum absolute atomic E-state index is 12.2. The van der Waals surface area contributed by atoms with Crippen LogP contribution in [-0.2, 0) is 34.2 Å². The number of hydrogen-bond donors (Lipinski definition) is 5. The van der Waals surface area contributed by atoms with Crippen molar-refractivity contribution in [2.45, 2.75) is 38.0 Å². The molecule has 0 bridgehead atoms. The SMILES string of the molecule is CS(=O)(=O)Nc1cc(OC[C@@H](O)CN[C@H]2CCc3ccc(OCC(=O)NCc4ccccc4)cc3C2)ccc1O. The van der Waals surface area contributed by atoms with E-state index in [0.717, 1.165) is 36.6 Å². The highest BCUT2D eigenvalue weighted by Gasteiger charge is 2.20. The number of aryl methyl sites for hydroxylation is 1. The average molecular weight is 570 g/mol. The number of ether oxygens (including phenoxy) is 2. The molecule has 214 valence electrons. The number of aliphatic hydroxyl groups is 1. The number of aliphatic hydroxyl groups excluding tert-OH is 1. The molecule has 0 aromatic heterocycles. The summed E-state index contributed by atoms with van der Waals surface area (Å²) in [4.78, 5) is 12.2. The van der Waals surface area contributed by atoms with Crippen molar-refractivity contribution in [3.8, 4) is 17.2 Å². The minimum absolute atomic E-state index is 0.00430. The van der Waals surface area contributed by atoms with Crippen LogP contribution in [0.2, 0.25) is 0 Å². The highest BCUT2D eigenvalue weighted by atomic mass is 32.2. The lowest BCUT2D eigenvalue weighted by Crippen LogP contribution is -2.40. The molecule has 0 saturated carbocycles. The maximum Gasteiger partial charge on any atom is 0.258 e. The van der Waals surface area contributed by atoms with Crippen LogP contribution in [0, 0.1) is 0 Å². The Balaban J connectivity index is 1.21. The third-order valence-corrected chi connectivity index (χ3v) is 7.05. The van der Waals surface area contributed by atoms with Gasteiger partial charge in [0.1, 0.15) is 30.0 Å². The number of fused-ring (bicyclic) bond motifs is 1. The summed E-state index contributed by atoms with van der Waals surface area (Å²) < 4.78 is 36.5. The predicted octanol–water partition coefficient (Wildman–Crippen LogP) is 2.35. The number of benzene rings is 3. The van der Waals surface area contributed by atoms with Crippen molar-refractivity contribution in [2.24, 2.45) is 0 Å². The molecular weight excluding hydrogens is 534 g/mol. The van der Waals surface area contributed by atoms with Gasteiger partial charge in [0.25, 0.3) is 5.91 Å². The van der Waals surface area contributed by atoms with Crippen molar-refractivity contribution < 1.29 is 32.9 Å². The van der Waals surface area contributed by atoms with Crippen LogP contribution in [0.15, 0.2) is 66.7 Å². The number of phenols is 1. The fourth-order valence-corrected chi connectivity index (χ4v) is 5.00. The number of aromatic hydroxyl groups is 1. The number of amides is 1. The van der Waals surface area contributed by atoms with Crippen molar-refractivity contribution >= 4 is 21.6 Å².